The highest BCUT2D eigenvalue weighted by atomic mass is 16.7. The van der Waals surface area contributed by atoms with Crippen LogP contribution >= 0.6 is 0 Å². The maximum absolute atomic E-state index is 12.7. The molecule has 0 aliphatic heterocycles. The third-order valence-corrected chi connectivity index (χ3v) is 6.39. The predicted molar refractivity (Wildman–Crippen MR) is 152 cm³/mol. The van der Waals surface area contributed by atoms with E-state index in [1.807, 2.05) is 27.7 Å². The van der Waals surface area contributed by atoms with E-state index in [-0.39, 0.29) is 43.0 Å². The van der Waals surface area contributed by atoms with E-state index in [0.29, 0.717) is 5.56 Å². The lowest BCUT2D eigenvalue weighted by atomic mass is 9.97. The highest BCUT2D eigenvalue weighted by Crippen LogP contribution is 2.30. The van der Waals surface area contributed by atoms with Crippen molar-refractivity contribution in [2.75, 3.05) is 13.2 Å². The summed E-state index contributed by atoms with van der Waals surface area (Å²) in [6.07, 6.45) is -1.71. The van der Waals surface area contributed by atoms with Gasteiger partial charge in [-0.3, -0.25) is 9.59 Å². The fraction of sp³-hybridized carbons (Fsp3) is 0.667. The van der Waals surface area contributed by atoms with E-state index in [9.17, 15) is 19.2 Å². The fourth-order valence-electron chi connectivity index (χ4n) is 2.88. The molecule has 11 nitrogen and oxygen atoms in total. The molecule has 11 heteroatoms. The molecule has 0 radical (unpaired) electrons. The standard InChI is InChI=1S/C30H47NO10/c1-10-18(3)16-36-28(34)40-24-13-12-22(15-25(24)41-29(35)37-17-19(4)11-2)14-23(31)26(32)38-20(5)21(6)39-27(33)30(7,8)9/h12-13,15,18-21,23H,10-11,14,16-17,31H2,1-9H3/t18?,19?,20-,21-,23-/m0/s1. The number of hydrogen-bond acceptors (Lipinski definition) is 11. The molecule has 2 unspecified atom stereocenters. The van der Waals surface area contributed by atoms with Crippen LogP contribution in [0.15, 0.2) is 18.2 Å². The van der Waals surface area contributed by atoms with Gasteiger partial charge in [-0.2, -0.15) is 0 Å². The lowest BCUT2D eigenvalue weighted by molar-refractivity contribution is -0.171. The number of nitrogens with two attached hydrogens (primary N) is 1. The first-order chi connectivity index (χ1) is 19.1. The van der Waals surface area contributed by atoms with Crippen molar-refractivity contribution >= 4 is 24.2 Å². The zero-order chi connectivity index (χ0) is 31.3. The van der Waals surface area contributed by atoms with Gasteiger partial charge in [-0.15, -0.1) is 0 Å². The van der Waals surface area contributed by atoms with Gasteiger partial charge in [0.25, 0.3) is 0 Å². The van der Waals surface area contributed by atoms with Crippen LogP contribution in [0.3, 0.4) is 0 Å². The maximum Gasteiger partial charge on any atom is 0.513 e. The Balaban J connectivity index is 2.97. The van der Waals surface area contributed by atoms with Crippen LogP contribution < -0.4 is 15.2 Å². The van der Waals surface area contributed by atoms with Crippen molar-refractivity contribution < 1.29 is 47.6 Å². The van der Waals surface area contributed by atoms with Crippen molar-refractivity contribution in [3.05, 3.63) is 23.8 Å². The molecular formula is C30H47NO10. The zero-order valence-corrected chi connectivity index (χ0v) is 25.8. The van der Waals surface area contributed by atoms with Crippen LogP contribution in [-0.2, 0) is 35.0 Å². The predicted octanol–water partition coefficient (Wildman–Crippen LogP) is 5.59. The number of carbonyl (C=O) groups excluding carboxylic acids is 4. The van der Waals surface area contributed by atoms with Gasteiger partial charge in [0.1, 0.15) is 18.2 Å². The Morgan fingerprint density at radius 1 is 0.780 bits per heavy atom. The second-order valence-electron chi connectivity index (χ2n) is 11.4. The van der Waals surface area contributed by atoms with Crippen LogP contribution in [0, 0.1) is 17.3 Å². The summed E-state index contributed by atoms with van der Waals surface area (Å²) in [5.74, 6) is -1.02. The second-order valence-corrected chi connectivity index (χ2v) is 11.4. The normalized spacial score (nSPS) is 15.0. The summed E-state index contributed by atoms with van der Waals surface area (Å²) in [6, 6.07) is 3.32. The smallest absolute Gasteiger partial charge is 0.458 e. The van der Waals surface area contributed by atoms with Crippen molar-refractivity contribution in [2.45, 2.75) is 99.8 Å². The summed E-state index contributed by atoms with van der Waals surface area (Å²) in [5, 5.41) is 0. The highest BCUT2D eigenvalue weighted by molar-refractivity contribution is 5.77. The van der Waals surface area contributed by atoms with Crippen molar-refractivity contribution in [3.8, 4) is 11.5 Å². The average Bonchev–Trinajstić information content (AvgIpc) is 2.90. The van der Waals surface area contributed by atoms with Gasteiger partial charge in [-0.1, -0.05) is 46.6 Å². The van der Waals surface area contributed by atoms with E-state index in [0.717, 1.165) is 12.8 Å². The van der Waals surface area contributed by atoms with E-state index in [4.69, 9.17) is 34.2 Å². The van der Waals surface area contributed by atoms with E-state index >= 15 is 0 Å². The first-order valence-electron chi connectivity index (χ1n) is 14.1. The van der Waals surface area contributed by atoms with Crippen LogP contribution in [0.1, 0.15) is 80.7 Å². The van der Waals surface area contributed by atoms with E-state index < -0.39 is 47.9 Å². The van der Waals surface area contributed by atoms with Gasteiger partial charge in [-0.05, 0) is 70.6 Å². The molecule has 2 N–H and O–H groups in total. The number of carbonyl (C=O) groups is 4. The summed E-state index contributed by atoms with van der Waals surface area (Å²) in [6.45, 7) is 16.5. The summed E-state index contributed by atoms with van der Waals surface area (Å²) in [4.78, 5) is 49.4. The number of benzene rings is 1. The van der Waals surface area contributed by atoms with E-state index in [1.54, 1.807) is 40.7 Å². The molecule has 1 aromatic carbocycles. The van der Waals surface area contributed by atoms with Crippen molar-refractivity contribution in [3.63, 3.8) is 0 Å². The zero-order valence-electron chi connectivity index (χ0n) is 25.8. The van der Waals surface area contributed by atoms with Crippen LogP contribution in [0.2, 0.25) is 0 Å². The number of ether oxygens (including phenoxy) is 6. The highest BCUT2D eigenvalue weighted by Gasteiger charge is 2.29. The minimum atomic E-state index is -1.08. The van der Waals surface area contributed by atoms with Gasteiger partial charge >= 0.3 is 24.2 Å². The van der Waals surface area contributed by atoms with Gasteiger partial charge < -0.3 is 34.2 Å². The molecule has 0 amide bonds. The average molecular weight is 582 g/mol. The Morgan fingerprint density at radius 2 is 1.27 bits per heavy atom. The molecule has 232 valence electrons. The molecule has 0 spiro atoms. The van der Waals surface area contributed by atoms with E-state index in [1.165, 1.54) is 12.1 Å². The van der Waals surface area contributed by atoms with Gasteiger partial charge in [0.2, 0.25) is 0 Å². The molecule has 0 bridgehead atoms. The van der Waals surface area contributed by atoms with Crippen molar-refractivity contribution in [1.29, 1.82) is 0 Å². The quantitative estimate of drug-likeness (QED) is 0.166. The summed E-state index contributed by atoms with van der Waals surface area (Å²) in [7, 11) is 0. The molecule has 41 heavy (non-hydrogen) atoms. The third-order valence-electron chi connectivity index (χ3n) is 6.39. The Kier molecular flexibility index (Phi) is 14.6. The molecule has 1 rings (SSSR count). The van der Waals surface area contributed by atoms with Crippen molar-refractivity contribution in [2.24, 2.45) is 23.0 Å². The SMILES string of the molecule is CCC(C)COC(=O)Oc1ccc(C[C@H](N)C(=O)O[C@@H](C)[C@H](C)OC(=O)C(C)(C)C)cc1OC(=O)OCC(C)CC. The molecule has 5 atom stereocenters. The van der Waals surface area contributed by atoms with Crippen LogP contribution in [-0.4, -0.2) is 55.7 Å². The molecule has 0 aliphatic rings. The van der Waals surface area contributed by atoms with Crippen LogP contribution in [0.5, 0.6) is 11.5 Å². The van der Waals surface area contributed by atoms with E-state index in [2.05, 4.69) is 0 Å². The monoisotopic (exact) mass is 581 g/mol. The first kappa shape index (κ1) is 35.7. The van der Waals surface area contributed by atoms with Gasteiger partial charge in [0.05, 0.1) is 18.6 Å². The second kappa shape index (κ2) is 16.8. The summed E-state index contributed by atoms with van der Waals surface area (Å²) < 4.78 is 31.7. The topological polar surface area (TPSA) is 150 Å². The lowest BCUT2D eigenvalue weighted by Gasteiger charge is -2.25. The minimum Gasteiger partial charge on any atom is -0.458 e. The third kappa shape index (κ3) is 13.2. The summed E-state index contributed by atoms with van der Waals surface area (Å²) >= 11 is 0. The Morgan fingerprint density at radius 3 is 1.76 bits per heavy atom. The van der Waals surface area contributed by atoms with Gasteiger partial charge in [0, 0.05) is 0 Å². The van der Waals surface area contributed by atoms with Gasteiger partial charge in [-0.25, -0.2) is 9.59 Å². The van der Waals surface area contributed by atoms with Gasteiger partial charge in [0.15, 0.2) is 11.5 Å². The van der Waals surface area contributed by atoms with Crippen molar-refractivity contribution in [1.82, 2.24) is 0 Å². The van der Waals surface area contributed by atoms with Crippen LogP contribution in [0.25, 0.3) is 0 Å². The Bertz CT molecular complexity index is 1020. The molecule has 0 saturated carbocycles. The Hall–Kier alpha value is -3.34. The summed E-state index contributed by atoms with van der Waals surface area (Å²) in [5.41, 5.74) is 5.90. The molecule has 1 aromatic rings. The maximum atomic E-state index is 12.7. The number of esters is 2. The Labute approximate surface area is 243 Å². The molecule has 0 aliphatic carbocycles. The number of hydrogen-bond donors (Lipinski definition) is 1. The molecule has 0 saturated heterocycles. The number of rotatable bonds is 14. The lowest BCUT2D eigenvalue weighted by Crippen LogP contribution is -2.40. The van der Waals surface area contributed by atoms with Crippen LogP contribution in [0.4, 0.5) is 9.59 Å². The minimum absolute atomic E-state index is 0.0126. The molecule has 0 heterocycles. The largest absolute Gasteiger partial charge is 0.513 e. The molecular weight excluding hydrogens is 534 g/mol. The molecule has 0 aromatic heterocycles. The molecule has 0 fully saturated rings. The fourth-order valence-corrected chi connectivity index (χ4v) is 2.88. The first-order valence-corrected chi connectivity index (χ1v) is 14.1.